The molecule has 0 aliphatic heterocycles. The molecule has 0 saturated carbocycles. The van der Waals surface area contributed by atoms with Crippen LogP contribution >= 0.6 is 23.1 Å². The van der Waals surface area contributed by atoms with Crippen LogP contribution in [0.1, 0.15) is 0 Å². The second-order valence-corrected chi connectivity index (χ2v) is 9.54. The Kier molecular flexibility index (Phi) is 5.20. The predicted octanol–water partition coefficient (Wildman–Crippen LogP) is 5.52. The molecule has 0 bridgehead atoms. The van der Waals surface area contributed by atoms with Crippen molar-refractivity contribution >= 4 is 67.0 Å². The fraction of sp³-hybridized carbons (Fsp3) is 0.0800. The highest BCUT2D eigenvalue weighted by atomic mass is 32.2. The maximum atomic E-state index is 12.6. The molecule has 3 aromatic heterocycles. The number of carbonyl (C=O) groups excluding carboxylic acids is 1. The molecule has 6 aromatic rings. The molecule has 7 nitrogen and oxygen atoms in total. The Balaban J connectivity index is 1.16. The Morgan fingerprint density at radius 3 is 2.68 bits per heavy atom. The van der Waals surface area contributed by atoms with Gasteiger partial charge in [0, 0.05) is 23.4 Å². The van der Waals surface area contributed by atoms with Gasteiger partial charge < -0.3 is 9.88 Å². The highest BCUT2D eigenvalue weighted by molar-refractivity contribution is 7.99. The van der Waals surface area contributed by atoms with Gasteiger partial charge in [-0.2, -0.15) is 0 Å². The summed E-state index contributed by atoms with van der Waals surface area (Å²) in [5, 5.41) is 17.8. The van der Waals surface area contributed by atoms with E-state index in [-0.39, 0.29) is 11.7 Å². The molecule has 166 valence electrons. The number of anilines is 1. The lowest BCUT2D eigenvalue weighted by Gasteiger charge is -2.04. The molecule has 0 unspecified atom stereocenters. The molecule has 0 atom stereocenters. The van der Waals surface area contributed by atoms with Crippen LogP contribution in [0.3, 0.4) is 0 Å². The minimum atomic E-state index is -0.162. The maximum absolute atomic E-state index is 12.6. The van der Waals surface area contributed by atoms with Crippen molar-refractivity contribution in [1.82, 2.24) is 24.7 Å². The van der Waals surface area contributed by atoms with Crippen molar-refractivity contribution in [1.29, 1.82) is 0 Å². The highest BCUT2D eigenvalue weighted by Gasteiger charge is 2.14. The summed E-state index contributed by atoms with van der Waals surface area (Å²) in [5.74, 6) is 0.00453. The average molecular weight is 483 g/mol. The van der Waals surface area contributed by atoms with Gasteiger partial charge in [-0.15, -0.1) is 21.5 Å². The smallest absolute Gasteiger partial charge is 0.236 e. The molecule has 6 rings (SSSR count). The van der Waals surface area contributed by atoms with E-state index in [0.29, 0.717) is 10.3 Å². The second kappa shape index (κ2) is 8.51. The SMILES string of the molecule is Cn1c2ccccc2c2nnc(SCC(=O)Nc3nc(-c4cccc5ccccc45)cs3)nc21. The number of carbonyl (C=O) groups is 1. The number of nitrogens with one attached hydrogen (secondary N) is 1. The number of benzene rings is 3. The van der Waals surface area contributed by atoms with Gasteiger partial charge in [-0.05, 0) is 16.8 Å². The molecule has 3 heterocycles. The third-order valence-corrected chi connectivity index (χ3v) is 7.23. The van der Waals surface area contributed by atoms with Gasteiger partial charge >= 0.3 is 0 Å². The molecule has 0 radical (unpaired) electrons. The zero-order valence-corrected chi connectivity index (χ0v) is 19.7. The van der Waals surface area contributed by atoms with Crippen LogP contribution in [0.15, 0.2) is 77.3 Å². The van der Waals surface area contributed by atoms with Crippen molar-refractivity contribution < 1.29 is 4.79 Å². The summed E-state index contributed by atoms with van der Waals surface area (Å²) in [6, 6.07) is 22.3. The predicted molar refractivity (Wildman–Crippen MR) is 138 cm³/mol. The molecular weight excluding hydrogens is 464 g/mol. The van der Waals surface area contributed by atoms with Gasteiger partial charge in [-0.25, -0.2) is 9.97 Å². The molecule has 1 N–H and O–H groups in total. The summed E-state index contributed by atoms with van der Waals surface area (Å²) < 4.78 is 1.99. The van der Waals surface area contributed by atoms with Gasteiger partial charge in [-0.3, -0.25) is 4.79 Å². The summed E-state index contributed by atoms with van der Waals surface area (Å²) >= 11 is 2.66. The topological polar surface area (TPSA) is 85.6 Å². The lowest BCUT2D eigenvalue weighted by molar-refractivity contribution is -0.113. The van der Waals surface area contributed by atoms with Crippen LogP contribution in [0, 0.1) is 0 Å². The van der Waals surface area contributed by atoms with E-state index in [4.69, 9.17) is 0 Å². The van der Waals surface area contributed by atoms with Crippen molar-refractivity contribution in [2.75, 3.05) is 11.1 Å². The van der Waals surface area contributed by atoms with E-state index in [1.807, 2.05) is 65.5 Å². The second-order valence-electron chi connectivity index (χ2n) is 7.74. The number of fused-ring (bicyclic) bond motifs is 4. The summed E-state index contributed by atoms with van der Waals surface area (Å²) in [7, 11) is 1.95. The number of para-hydroxylation sites is 1. The molecule has 9 heteroatoms. The minimum absolute atomic E-state index is 0.162. The third kappa shape index (κ3) is 3.68. The number of aromatic nitrogens is 5. The number of hydrogen-bond donors (Lipinski definition) is 1. The highest BCUT2D eigenvalue weighted by Crippen LogP contribution is 2.31. The van der Waals surface area contributed by atoms with Crippen LogP contribution in [-0.4, -0.2) is 36.4 Å². The summed E-state index contributed by atoms with van der Waals surface area (Å²) in [5.41, 5.74) is 4.45. The molecule has 0 aliphatic carbocycles. The first-order valence-electron chi connectivity index (χ1n) is 10.6. The number of thioether (sulfide) groups is 1. The molecule has 0 saturated heterocycles. The van der Waals surface area contributed by atoms with Gasteiger partial charge in [0.05, 0.1) is 17.0 Å². The summed E-state index contributed by atoms with van der Waals surface area (Å²) in [4.78, 5) is 21.8. The maximum Gasteiger partial charge on any atom is 0.236 e. The minimum Gasteiger partial charge on any atom is -0.327 e. The quantitative estimate of drug-likeness (QED) is 0.326. The Morgan fingerprint density at radius 1 is 0.971 bits per heavy atom. The molecule has 0 fully saturated rings. The Hall–Kier alpha value is -3.82. The van der Waals surface area contributed by atoms with Crippen LogP contribution in [-0.2, 0) is 11.8 Å². The van der Waals surface area contributed by atoms with E-state index >= 15 is 0 Å². The van der Waals surface area contributed by atoms with E-state index in [0.717, 1.165) is 44.1 Å². The van der Waals surface area contributed by atoms with Crippen LogP contribution in [0.4, 0.5) is 5.13 Å². The molecule has 3 aromatic carbocycles. The van der Waals surface area contributed by atoms with E-state index < -0.39 is 0 Å². The molecule has 0 spiro atoms. The normalized spacial score (nSPS) is 11.4. The monoisotopic (exact) mass is 482 g/mol. The molecular formula is C25H18N6OS2. The standard InChI is InChI=1S/C25H18N6OS2/c1-31-20-12-5-4-10-18(20)22-23(31)28-25(30-29-22)34-14-21(32)27-24-26-19(13-33-24)17-11-6-8-15-7-2-3-9-16(15)17/h2-13H,14H2,1H3,(H,26,27,32). The Labute approximate surface area is 202 Å². The van der Waals surface area contributed by atoms with Gasteiger partial charge in [0.15, 0.2) is 10.8 Å². The third-order valence-electron chi connectivity index (χ3n) is 5.64. The van der Waals surface area contributed by atoms with E-state index in [2.05, 4.69) is 43.7 Å². The zero-order chi connectivity index (χ0) is 23.1. The van der Waals surface area contributed by atoms with Crippen molar-refractivity contribution in [2.45, 2.75) is 5.16 Å². The lowest BCUT2D eigenvalue weighted by atomic mass is 10.0. The van der Waals surface area contributed by atoms with E-state index in [1.54, 1.807) is 0 Å². The fourth-order valence-electron chi connectivity index (χ4n) is 4.04. The summed E-state index contributed by atoms with van der Waals surface area (Å²) in [6.45, 7) is 0. The molecule has 1 amide bonds. The van der Waals surface area contributed by atoms with Crippen molar-refractivity contribution in [3.05, 3.63) is 72.1 Å². The van der Waals surface area contributed by atoms with Gasteiger partial charge in [-0.1, -0.05) is 72.4 Å². The number of amides is 1. The summed E-state index contributed by atoms with van der Waals surface area (Å²) in [6.07, 6.45) is 0. The van der Waals surface area contributed by atoms with Gasteiger partial charge in [0.25, 0.3) is 0 Å². The molecule has 0 aliphatic rings. The van der Waals surface area contributed by atoms with Crippen molar-refractivity contribution in [3.8, 4) is 11.3 Å². The van der Waals surface area contributed by atoms with E-state index in [1.165, 1.54) is 23.1 Å². The number of nitrogens with zero attached hydrogens (tertiary/aromatic N) is 5. The number of thiazole rings is 1. The van der Waals surface area contributed by atoms with Crippen LogP contribution < -0.4 is 5.32 Å². The van der Waals surface area contributed by atoms with Gasteiger partial charge in [0.2, 0.25) is 11.1 Å². The van der Waals surface area contributed by atoms with Crippen molar-refractivity contribution in [2.24, 2.45) is 7.05 Å². The first-order valence-corrected chi connectivity index (χ1v) is 12.5. The Morgan fingerprint density at radius 2 is 1.76 bits per heavy atom. The number of hydrogen-bond acceptors (Lipinski definition) is 7. The zero-order valence-electron chi connectivity index (χ0n) is 18.1. The first kappa shape index (κ1) is 20.8. The van der Waals surface area contributed by atoms with Crippen LogP contribution in [0.2, 0.25) is 0 Å². The van der Waals surface area contributed by atoms with Gasteiger partial charge in [0.1, 0.15) is 5.52 Å². The van der Waals surface area contributed by atoms with Crippen molar-refractivity contribution in [3.63, 3.8) is 0 Å². The number of aryl methyl sites for hydroxylation is 1. The van der Waals surface area contributed by atoms with E-state index in [9.17, 15) is 4.79 Å². The van der Waals surface area contributed by atoms with Crippen LogP contribution in [0.25, 0.3) is 44.1 Å². The fourth-order valence-corrected chi connectivity index (χ4v) is 5.35. The lowest BCUT2D eigenvalue weighted by Crippen LogP contribution is -2.14. The average Bonchev–Trinajstić information content (AvgIpc) is 3.45. The first-order chi connectivity index (χ1) is 16.7. The molecule has 34 heavy (non-hydrogen) atoms. The largest absolute Gasteiger partial charge is 0.327 e. The van der Waals surface area contributed by atoms with Crippen LogP contribution in [0.5, 0.6) is 0 Å². The Bertz CT molecular complexity index is 1680. The number of rotatable bonds is 5.